The summed E-state index contributed by atoms with van der Waals surface area (Å²) in [4.78, 5) is 17.2. The summed E-state index contributed by atoms with van der Waals surface area (Å²) in [6.45, 7) is 5.39. The standard InChI is InChI=1S/C20H17F4N7/c1-9-8-31-15(10(2)27-19(31)11(3)26-9)18-29-16(25)14(21)17(30-18)28-13-6-4-12(5-7-13)20(22,23)24/h4-8H,1-3H3,(H3,25,28,29,30). The van der Waals surface area contributed by atoms with Crippen LogP contribution >= 0.6 is 0 Å². The van der Waals surface area contributed by atoms with Gasteiger partial charge in [-0.15, -0.1) is 0 Å². The van der Waals surface area contributed by atoms with E-state index in [2.05, 4.69) is 25.3 Å². The first-order valence-electron chi connectivity index (χ1n) is 9.15. The van der Waals surface area contributed by atoms with Crippen molar-refractivity contribution in [3.8, 4) is 11.5 Å². The fourth-order valence-electron chi connectivity index (χ4n) is 3.26. The van der Waals surface area contributed by atoms with Crippen molar-refractivity contribution in [1.29, 1.82) is 0 Å². The van der Waals surface area contributed by atoms with E-state index < -0.39 is 23.4 Å². The molecule has 11 heteroatoms. The van der Waals surface area contributed by atoms with Gasteiger partial charge in [0.2, 0.25) is 5.82 Å². The maximum atomic E-state index is 14.6. The zero-order chi connectivity index (χ0) is 22.5. The number of benzene rings is 1. The van der Waals surface area contributed by atoms with Gasteiger partial charge in [-0.25, -0.2) is 15.0 Å². The van der Waals surface area contributed by atoms with E-state index >= 15 is 0 Å². The quantitative estimate of drug-likeness (QED) is 0.461. The lowest BCUT2D eigenvalue weighted by Gasteiger charge is -2.12. The van der Waals surface area contributed by atoms with Crippen molar-refractivity contribution in [3.63, 3.8) is 0 Å². The largest absolute Gasteiger partial charge is 0.416 e. The number of rotatable bonds is 3. The zero-order valence-corrected chi connectivity index (χ0v) is 16.7. The molecule has 0 aliphatic heterocycles. The molecule has 31 heavy (non-hydrogen) atoms. The van der Waals surface area contributed by atoms with Crippen molar-refractivity contribution in [3.05, 3.63) is 58.9 Å². The Morgan fingerprint density at radius 2 is 1.61 bits per heavy atom. The summed E-state index contributed by atoms with van der Waals surface area (Å²) in [5.74, 6) is -1.47. The average molecular weight is 431 g/mol. The molecule has 3 N–H and O–H groups in total. The van der Waals surface area contributed by atoms with Crippen LogP contribution in [0.2, 0.25) is 0 Å². The van der Waals surface area contributed by atoms with Gasteiger partial charge in [0.25, 0.3) is 0 Å². The lowest BCUT2D eigenvalue weighted by Crippen LogP contribution is -2.08. The molecule has 1 aromatic carbocycles. The second-order valence-electron chi connectivity index (χ2n) is 7.00. The molecule has 0 saturated carbocycles. The summed E-state index contributed by atoms with van der Waals surface area (Å²) in [6, 6.07) is 4.13. The normalized spacial score (nSPS) is 11.8. The molecule has 0 atom stereocenters. The van der Waals surface area contributed by atoms with E-state index in [1.165, 1.54) is 12.1 Å². The predicted octanol–water partition coefficient (Wildman–Crippen LogP) is 4.60. The SMILES string of the molecule is Cc1cn2c(-c3nc(N)c(F)c(Nc4ccc(C(F)(F)F)cc4)n3)c(C)nc2c(C)n1. The Labute approximate surface area is 174 Å². The second-order valence-corrected chi connectivity index (χ2v) is 7.00. The van der Waals surface area contributed by atoms with Crippen LogP contribution in [0.1, 0.15) is 22.6 Å². The fourth-order valence-corrected chi connectivity index (χ4v) is 3.26. The molecule has 4 aromatic rings. The molecular formula is C20H17F4N7. The Balaban J connectivity index is 1.79. The number of fused-ring (bicyclic) bond motifs is 1. The van der Waals surface area contributed by atoms with Crippen molar-refractivity contribution in [1.82, 2.24) is 24.3 Å². The second kappa shape index (κ2) is 7.18. The van der Waals surface area contributed by atoms with Crippen molar-refractivity contribution in [2.45, 2.75) is 26.9 Å². The van der Waals surface area contributed by atoms with Crippen molar-refractivity contribution < 1.29 is 17.6 Å². The van der Waals surface area contributed by atoms with E-state index in [4.69, 9.17) is 5.73 Å². The van der Waals surface area contributed by atoms with Crippen LogP contribution in [0.25, 0.3) is 17.2 Å². The van der Waals surface area contributed by atoms with Gasteiger partial charge in [-0.1, -0.05) is 0 Å². The number of anilines is 3. The molecular weight excluding hydrogens is 414 g/mol. The highest BCUT2D eigenvalue weighted by atomic mass is 19.4. The molecule has 0 amide bonds. The average Bonchev–Trinajstić information content (AvgIpc) is 3.01. The topological polar surface area (TPSA) is 94.0 Å². The highest BCUT2D eigenvalue weighted by molar-refractivity contribution is 5.68. The number of nitrogens with two attached hydrogens (primary N) is 1. The van der Waals surface area contributed by atoms with Gasteiger partial charge in [0.05, 0.1) is 22.6 Å². The Morgan fingerprint density at radius 3 is 2.26 bits per heavy atom. The van der Waals surface area contributed by atoms with Crippen LogP contribution in [0.15, 0.2) is 30.5 Å². The fraction of sp³-hybridized carbons (Fsp3) is 0.200. The van der Waals surface area contributed by atoms with Crippen molar-refractivity contribution >= 4 is 23.0 Å². The third kappa shape index (κ3) is 3.74. The van der Waals surface area contributed by atoms with E-state index in [1.54, 1.807) is 17.5 Å². The van der Waals surface area contributed by atoms with Crippen LogP contribution < -0.4 is 11.1 Å². The molecule has 3 heterocycles. The summed E-state index contributed by atoms with van der Waals surface area (Å²) in [5, 5.41) is 2.67. The maximum absolute atomic E-state index is 14.6. The Morgan fingerprint density at radius 1 is 0.935 bits per heavy atom. The van der Waals surface area contributed by atoms with Gasteiger partial charge >= 0.3 is 6.18 Å². The third-order valence-corrected chi connectivity index (χ3v) is 4.63. The molecule has 0 bridgehead atoms. The molecule has 0 aliphatic carbocycles. The minimum atomic E-state index is -4.47. The minimum Gasteiger partial charge on any atom is -0.381 e. The molecule has 160 valence electrons. The van der Waals surface area contributed by atoms with Gasteiger partial charge in [0.1, 0.15) is 5.69 Å². The van der Waals surface area contributed by atoms with Crippen LogP contribution in [0.3, 0.4) is 0 Å². The highest BCUT2D eigenvalue weighted by Gasteiger charge is 2.30. The van der Waals surface area contributed by atoms with Gasteiger partial charge in [0, 0.05) is 11.9 Å². The van der Waals surface area contributed by atoms with Crippen LogP contribution in [0.4, 0.5) is 34.9 Å². The Bertz CT molecular complexity index is 1290. The molecule has 4 rings (SSSR count). The minimum absolute atomic E-state index is 0.114. The van der Waals surface area contributed by atoms with Crippen molar-refractivity contribution in [2.24, 2.45) is 0 Å². The molecule has 0 unspecified atom stereocenters. The molecule has 3 aromatic heterocycles. The number of imidazole rings is 1. The van der Waals surface area contributed by atoms with Gasteiger partial charge in [-0.2, -0.15) is 17.6 Å². The van der Waals surface area contributed by atoms with E-state index in [0.29, 0.717) is 22.7 Å². The number of nitrogen functional groups attached to an aromatic ring is 1. The number of alkyl halides is 3. The molecule has 0 fully saturated rings. The smallest absolute Gasteiger partial charge is 0.381 e. The first-order valence-corrected chi connectivity index (χ1v) is 9.15. The summed E-state index contributed by atoms with van der Waals surface area (Å²) in [7, 11) is 0. The lowest BCUT2D eigenvalue weighted by molar-refractivity contribution is -0.137. The number of aryl methyl sites for hydroxylation is 3. The van der Waals surface area contributed by atoms with Crippen LogP contribution in [0.5, 0.6) is 0 Å². The van der Waals surface area contributed by atoms with Gasteiger partial charge in [-0.3, -0.25) is 9.38 Å². The number of halogens is 4. The maximum Gasteiger partial charge on any atom is 0.416 e. The number of hydrogen-bond donors (Lipinski definition) is 2. The number of nitrogens with zero attached hydrogens (tertiary/aromatic N) is 5. The first kappa shape index (κ1) is 20.5. The molecule has 0 saturated heterocycles. The monoisotopic (exact) mass is 431 g/mol. The summed E-state index contributed by atoms with van der Waals surface area (Å²) < 4.78 is 54.6. The van der Waals surface area contributed by atoms with E-state index in [-0.39, 0.29) is 17.3 Å². The van der Waals surface area contributed by atoms with Crippen LogP contribution in [-0.2, 0) is 6.18 Å². The lowest BCUT2D eigenvalue weighted by atomic mass is 10.2. The predicted molar refractivity (Wildman–Crippen MR) is 107 cm³/mol. The molecule has 0 aliphatic rings. The molecule has 7 nitrogen and oxygen atoms in total. The van der Waals surface area contributed by atoms with Crippen LogP contribution in [0, 0.1) is 26.6 Å². The van der Waals surface area contributed by atoms with E-state index in [9.17, 15) is 17.6 Å². The zero-order valence-electron chi connectivity index (χ0n) is 16.7. The molecule has 0 spiro atoms. The highest BCUT2D eigenvalue weighted by Crippen LogP contribution is 2.32. The summed E-state index contributed by atoms with van der Waals surface area (Å²) in [5.41, 5.74) is 8.28. The Kier molecular flexibility index (Phi) is 4.75. The third-order valence-electron chi connectivity index (χ3n) is 4.63. The summed E-state index contributed by atoms with van der Waals surface area (Å²) >= 11 is 0. The first-order chi connectivity index (χ1) is 14.5. The van der Waals surface area contributed by atoms with Crippen molar-refractivity contribution in [2.75, 3.05) is 11.1 Å². The van der Waals surface area contributed by atoms with Gasteiger partial charge in [-0.05, 0) is 45.0 Å². The molecule has 0 radical (unpaired) electrons. The number of aromatic nitrogens is 5. The van der Waals surface area contributed by atoms with E-state index in [0.717, 1.165) is 17.8 Å². The summed E-state index contributed by atoms with van der Waals surface area (Å²) in [6.07, 6.45) is -2.72. The number of nitrogens with one attached hydrogen (secondary N) is 1. The van der Waals surface area contributed by atoms with Gasteiger partial charge < -0.3 is 11.1 Å². The number of hydrogen-bond acceptors (Lipinski definition) is 6. The van der Waals surface area contributed by atoms with Gasteiger partial charge in [0.15, 0.2) is 23.1 Å². The Hall–Kier alpha value is -3.76. The van der Waals surface area contributed by atoms with E-state index in [1.807, 2.05) is 13.8 Å². The van der Waals surface area contributed by atoms with Crippen LogP contribution in [-0.4, -0.2) is 24.3 Å².